The summed E-state index contributed by atoms with van der Waals surface area (Å²) < 4.78 is 9.70. The van der Waals surface area contributed by atoms with Crippen LogP contribution in [0.25, 0.3) is 11.2 Å². The number of ether oxygens (including phenoxy) is 1. The second-order valence-corrected chi connectivity index (χ2v) is 7.42. The quantitative estimate of drug-likeness (QED) is 0.345. The van der Waals surface area contributed by atoms with Gasteiger partial charge in [-0.05, 0) is 44.2 Å². The van der Waals surface area contributed by atoms with Gasteiger partial charge in [-0.2, -0.15) is 0 Å². The minimum absolute atomic E-state index is 0.0103. The molecule has 0 saturated carbocycles. The topological polar surface area (TPSA) is 120 Å². The number of rotatable bonds is 10. The number of benzene rings is 1. The van der Waals surface area contributed by atoms with E-state index in [-0.39, 0.29) is 17.9 Å². The third-order valence-corrected chi connectivity index (χ3v) is 5.05. The van der Waals surface area contributed by atoms with E-state index in [2.05, 4.69) is 10.3 Å². The molecule has 0 radical (unpaired) electrons. The Hall–Kier alpha value is -3.24. The normalized spacial score (nSPS) is 12.3. The van der Waals surface area contributed by atoms with Crippen molar-refractivity contribution >= 4 is 16.9 Å². The molecule has 0 aliphatic carbocycles. The fourth-order valence-corrected chi connectivity index (χ4v) is 3.25. The number of carbonyl (C=O) groups excluding carboxylic acids is 1. The smallest absolute Gasteiger partial charge is 0.332 e. The number of ketones is 1. The summed E-state index contributed by atoms with van der Waals surface area (Å²) in [6.45, 7) is 3.15. The highest BCUT2D eigenvalue weighted by molar-refractivity contribution is 5.94. The van der Waals surface area contributed by atoms with E-state index < -0.39 is 11.8 Å². The highest BCUT2D eigenvalue weighted by atomic mass is 16.5. The van der Waals surface area contributed by atoms with Crippen LogP contribution in [0.5, 0.6) is 5.75 Å². The maximum Gasteiger partial charge on any atom is 0.332 e. The Morgan fingerprint density at radius 1 is 1.19 bits per heavy atom. The van der Waals surface area contributed by atoms with Crippen molar-refractivity contribution in [1.82, 2.24) is 24.0 Å². The molecule has 1 unspecified atom stereocenters. The lowest BCUT2D eigenvalue weighted by Gasteiger charge is -2.13. The Kier molecular flexibility index (Phi) is 7.03. The van der Waals surface area contributed by atoms with Crippen molar-refractivity contribution in [2.75, 3.05) is 19.7 Å². The molecule has 0 saturated heterocycles. The number of aliphatic hydroxyl groups excluding tert-OH is 1. The molecule has 1 atom stereocenters. The molecule has 0 aliphatic rings. The summed E-state index contributed by atoms with van der Waals surface area (Å²) in [5.74, 6) is 0.580. The summed E-state index contributed by atoms with van der Waals surface area (Å²) in [6, 6.07) is 6.78. The number of aryl methyl sites for hydroxylation is 2. The average molecular weight is 429 g/mol. The summed E-state index contributed by atoms with van der Waals surface area (Å²) in [4.78, 5) is 39.9. The highest BCUT2D eigenvalue weighted by Gasteiger charge is 2.14. The van der Waals surface area contributed by atoms with Gasteiger partial charge < -0.3 is 19.7 Å². The van der Waals surface area contributed by atoms with Crippen LogP contribution in [0.4, 0.5) is 0 Å². The van der Waals surface area contributed by atoms with Crippen molar-refractivity contribution in [2.24, 2.45) is 14.1 Å². The molecule has 1 aromatic carbocycles. The third-order valence-electron chi connectivity index (χ3n) is 5.05. The van der Waals surface area contributed by atoms with Gasteiger partial charge in [0.15, 0.2) is 16.9 Å². The van der Waals surface area contributed by atoms with Gasteiger partial charge in [-0.3, -0.25) is 18.7 Å². The van der Waals surface area contributed by atoms with E-state index >= 15 is 0 Å². The van der Waals surface area contributed by atoms with E-state index in [1.807, 2.05) is 0 Å². The Morgan fingerprint density at radius 2 is 1.90 bits per heavy atom. The lowest BCUT2D eigenvalue weighted by Crippen LogP contribution is -2.37. The molecule has 166 valence electrons. The van der Waals surface area contributed by atoms with Crippen molar-refractivity contribution in [1.29, 1.82) is 0 Å². The molecule has 10 nitrogen and oxygen atoms in total. The van der Waals surface area contributed by atoms with Crippen LogP contribution in [-0.2, 0) is 20.6 Å². The number of carbonyl (C=O) groups is 1. The first-order valence-electron chi connectivity index (χ1n) is 10.0. The molecule has 31 heavy (non-hydrogen) atoms. The van der Waals surface area contributed by atoms with Crippen molar-refractivity contribution < 1.29 is 14.6 Å². The Labute approximate surface area is 178 Å². The van der Waals surface area contributed by atoms with Gasteiger partial charge in [-0.15, -0.1) is 0 Å². The molecule has 2 aromatic heterocycles. The zero-order valence-corrected chi connectivity index (χ0v) is 17.9. The number of hydrogen-bond donors (Lipinski definition) is 2. The Balaban J connectivity index is 1.44. The van der Waals surface area contributed by atoms with Crippen LogP contribution < -0.4 is 21.3 Å². The number of aromatic nitrogens is 4. The van der Waals surface area contributed by atoms with Crippen molar-refractivity contribution in [2.45, 2.75) is 26.0 Å². The standard InChI is InChI=1S/C21H27N5O5/c1-14(27)15-5-7-17(8-6-15)31-12-16(28)11-22-9-4-10-26-13-23-19-18(26)20(29)25(3)21(30)24(19)2/h5-8,13,16,22,28H,4,9-12H2,1-3H3. The third kappa shape index (κ3) is 5.09. The van der Waals surface area contributed by atoms with E-state index in [1.165, 1.54) is 18.5 Å². The number of nitrogens with one attached hydrogen (secondary N) is 1. The van der Waals surface area contributed by atoms with E-state index in [1.54, 1.807) is 42.2 Å². The Morgan fingerprint density at radius 3 is 2.58 bits per heavy atom. The molecule has 2 N–H and O–H groups in total. The maximum atomic E-state index is 12.4. The lowest BCUT2D eigenvalue weighted by molar-refractivity contribution is 0.101. The first-order chi connectivity index (χ1) is 14.8. The molecule has 0 amide bonds. The fourth-order valence-electron chi connectivity index (χ4n) is 3.25. The SMILES string of the molecule is CC(=O)c1ccc(OCC(O)CNCCCn2cnc3c2c(=O)n(C)c(=O)n3C)cc1. The van der Waals surface area contributed by atoms with E-state index in [9.17, 15) is 19.5 Å². The molecule has 0 fully saturated rings. The minimum Gasteiger partial charge on any atom is -0.491 e. The monoisotopic (exact) mass is 429 g/mol. The molecule has 2 heterocycles. The maximum absolute atomic E-state index is 12.4. The first-order valence-corrected chi connectivity index (χ1v) is 10.0. The van der Waals surface area contributed by atoms with Gasteiger partial charge in [0.05, 0.1) is 6.33 Å². The fraction of sp³-hybridized carbons (Fsp3) is 0.429. The van der Waals surface area contributed by atoms with Crippen LogP contribution in [0.2, 0.25) is 0 Å². The van der Waals surface area contributed by atoms with Gasteiger partial charge >= 0.3 is 5.69 Å². The van der Waals surface area contributed by atoms with Gasteiger partial charge in [-0.25, -0.2) is 9.78 Å². The number of imidazole rings is 1. The minimum atomic E-state index is -0.691. The summed E-state index contributed by atoms with van der Waals surface area (Å²) in [5, 5.41) is 13.2. The van der Waals surface area contributed by atoms with Gasteiger partial charge in [-0.1, -0.05) is 0 Å². The van der Waals surface area contributed by atoms with E-state index in [0.717, 1.165) is 4.57 Å². The van der Waals surface area contributed by atoms with Crippen LogP contribution in [0.15, 0.2) is 40.2 Å². The molecule has 0 bridgehead atoms. The van der Waals surface area contributed by atoms with Crippen LogP contribution in [0.1, 0.15) is 23.7 Å². The average Bonchev–Trinajstić information content (AvgIpc) is 3.19. The number of nitrogens with zero attached hydrogens (tertiary/aromatic N) is 4. The number of Topliss-reactive ketones (excluding diaryl/α,β-unsaturated/α-hetero) is 1. The molecular weight excluding hydrogens is 402 g/mol. The highest BCUT2D eigenvalue weighted by Crippen LogP contribution is 2.12. The zero-order valence-electron chi connectivity index (χ0n) is 17.9. The number of aliphatic hydroxyl groups is 1. The number of fused-ring (bicyclic) bond motifs is 1. The molecule has 0 aliphatic heterocycles. The van der Waals surface area contributed by atoms with Crippen molar-refractivity contribution in [3.05, 3.63) is 57.0 Å². The van der Waals surface area contributed by atoms with Gasteiger partial charge in [0, 0.05) is 32.7 Å². The van der Waals surface area contributed by atoms with Gasteiger partial charge in [0.2, 0.25) is 0 Å². The van der Waals surface area contributed by atoms with Crippen LogP contribution in [0.3, 0.4) is 0 Å². The predicted octanol–water partition coefficient (Wildman–Crippen LogP) is 0.0559. The predicted molar refractivity (Wildman–Crippen MR) is 116 cm³/mol. The van der Waals surface area contributed by atoms with Gasteiger partial charge in [0.25, 0.3) is 5.56 Å². The van der Waals surface area contributed by atoms with Crippen LogP contribution in [-0.4, -0.2) is 55.4 Å². The molecular formula is C21H27N5O5. The second-order valence-electron chi connectivity index (χ2n) is 7.42. The molecule has 3 rings (SSSR count). The summed E-state index contributed by atoms with van der Waals surface area (Å²) in [6.07, 6.45) is 1.58. The first kappa shape index (κ1) is 22.4. The van der Waals surface area contributed by atoms with E-state index in [0.29, 0.717) is 48.5 Å². The van der Waals surface area contributed by atoms with Crippen molar-refractivity contribution in [3.8, 4) is 5.75 Å². The van der Waals surface area contributed by atoms with Crippen LogP contribution >= 0.6 is 0 Å². The van der Waals surface area contributed by atoms with Crippen molar-refractivity contribution in [3.63, 3.8) is 0 Å². The Bertz CT molecular complexity index is 1180. The molecule has 3 aromatic rings. The van der Waals surface area contributed by atoms with Crippen LogP contribution in [0, 0.1) is 0 Å². The molecule has 0 spiro atoms. The number of hydrogen-bond acceptors (Lipinski definition) is 7. The second kappa shape index (κ2) is 9.71. The van der Waals surface area contributed by atoms with Gasteiger partial charge in [0.1, 0.15) is 18.5 Å². The zero-order chi connectivity index (χ0) is 22.5. The summed E-state index contributed by atoms with van der Waals surface area (Å²) >= 11 is 0. The summed E-state index contributed by atoms with van der Waals surface area (Å²) in [5.41, 5.74) is 0.599. The molecule has 10 heteroatoms. The lowest BCUT2D eigenvalue weighted by atomic mass is 10.1. The summed E-state index contributed by atoms with van der Waals surface area (Å²) in [7, 11) is 3.04. The van der Waals surface area contributed by atoms with E-state index in [4.69, 9.17) is 4.74 Å². The largest absolute Gasteiger partial charge is 0.491 e.